The highest BCUT2D eigenvalue weighted by Crippen LogP contribution is 2.43. The van der Waals surface area contributed by atoms with Crippen LogP contribution in [0.3, 0.4) is 0 Å². The third kappa shape index (κ3) is 4.63. The molecule has 0 bridgehead atoms. The lowest BCUT2D eigenvalue weighted by atomic mass is 9.93. The Bertz CT molecular complexity index is 1110. The average molecular weight is 497 g/mol. The third-order valence-electron chi connectivity index (χ3n) is 7.27. The van der Waals surface area contributed by atoms with Crippen molar-refractivity contribution < 1.29 is 14.3 Å². The number of amides is 1. The quantitative estimate of drug-likeness (QED) is 0.675. The van der Waals surface area contributed by atoms with Crippen LogP contribution < -0.4 is 15.5 Å². The molecule has 2 saturated heterocycles. The molecule has 0 radical (unpaired) electrons. The molecule has 11 heteroatoms. The number of rotatable bonds is 4. The highest BCUT2D eigenvalue weighted by Gasteiger charge is 2.47. The van der Waals surface area contributed by atoms with E-state index < -0.39 is 5.60 Å². The number of carbonyl (C=O) groups is 1. The second-order valence-electron chi connectivity index (χ2n) is 10.7. The summed E-state index contributed by atoms with van der Waals surface area (Å²) in [6.45, 7) is 12.7. The number of ether oxygens (including phenoxy) is 2. The van der Waals surface area contributed by atoms with Crippen molar-refractivity contribution in [1.29, 1.82) is 0 Å². The largest absolute Gasteiger partial charge is 0.444 e. The van der Waals surface area contributed by atoms with E-state index in [2.05, 4.69) is 26.7 Å². The SMILES string of the molecule is CC[C@]1(N2CCc3c(-c4cnc(N)nc4)nc(N4CCOCC4)nc32)CCN(C(=O)OC(C)(C)C)C1. The standard InChI is InChI=1S/C25H36N8O3/c1-5-25(7-9-32(16-25)23(34)36-24(2,3)4)33-8-6-18-19(17-14-27-21(26)28-15-17)29-22(30-20(18)33)31-10-12-35-13-11-31/h14-15H,5-13,16H2,1-4H3,(H2,26,27,28)/t25-/m0/s1. The number of anilines is 3. The Morgan fingerprint density at radius 2 is 1.86 bits per heavy atom. The fourth-order valence-electron chi connectivity index (χ4n) is 5.35. The van der Waals surface area contributed by atoms with Gasteiger partial charge in [0.05, 0.1) is 24.4 Å². The lowest BCUT2D eigenvalue weighted by Gasteiger charge is -2.40. The van der Waals surface area contributed by atoms with E-state index in [1.54, 1.807) is 12.4 Å². The Balaban J connectivity index is 1.52. The first kappa shape index (κ1) is 24.5. The number of aromatic nitrogens is 4. The molecule has 3 aliphatic rings. The summed E-state index contributed by atoms with van der Waals surface area (Å²) < 4.78 is 11.2. The van der Waals surface area contributed by atoms with E-state index >= 15 is 0 Å². The zero-order valence-electron chi connectivity index (χ0n) is 21.7. The van der Waals surface area contributed by atoms with Gasteiger partial charge in [0, 0.05) is 56.2 Å². The monoisotopic (exact) mass is 496 g/mol. The molecule has 36 heavy (non-hydrogen) atoms. The molecule has 2 aromatic heterocycles. The van der Waals surface area contributed by atoms with Crippen LogP contribution >= 0.6 is 0 Å². The molecule has 0 unspecified atom stereocenters. The number of nitrogens with two attached hydrogens (primary N) is 1. The maximum Gasteiger partial charge on any atom is 0.410 e. The summed E-state index contributed by atoms with van der Waals surface area (Å²) >= 11 is 0. The van der Waals surface area contributed by atoms with Crippen molar-refractivity contribution in [3.05, 3.63) is 18.0 Å². The van der Waals surface area contributed by atoms with Crippen LogP contribution in [-0.4, -0.2) is 88.0 Å². The Labute approximate surface area is 212 Å². The van der Waals surface area contributed by atoms with Crippen LogP contribution in [0.15, 0.2) is 12.4 Å². The van der Waals surface area contributed by atoms with Crippen LogP contribution in [0.5, 0.6) is 0 Å². The zero-order valence-corrected chi connectivity index (χ0v) is 21.7. The first-order valence-electron chi connectivity index (χ1n) is 12.8. The molecule has 0 spiro atoms. The predicted octanol–water partition coefficient (Wildman–Crippen LogP) is 2.50. The molecular formula is C25H36N8O3. The van der Waals surface area contributed by atoms with Crippen molar-refractivity contribution in [3.8, 4) is 11.3 Å². The van der Waals surface area contributed by atoms with Gasteiger partial charge >= 0.3 is 6.09 Å². The van der Waals surface area contributed by atoms with Gasteiger partial charge in [-0.3, -0.25) is 0 Å². The molecule has 2 fully saturated rings. The van der Waals surface area contributed by atoms with Gasteiger partial charge in [0.2, 0.25) is 11.9 Å². The third-order valence-corrected chi connectivity index (χ3v) is 7.27. The lowest BCUT2D eigenvalue weighted by molar-refractivity contribution is 0.0283. The molecule has 2 aromatic rings. The molecule has 1 amide bonds. The Kier molecular flexibility index (Phi) is 6.36. The minimum Gasteiger partial charge on any atom is -0.444 e. The number of nitrogens with zero attached hydrogens (tertiary/aromatic N) is 7. The van der Waals surface area contributed by atoms with Gasteiger partial charge < -0.3 is 29.9 Å². The van der Waals surface area contributed by atoms with Crippen LogP contribution in [0.2, 0.25) is 0 Å². The van der Waals surface area contributed by atoms with Crippen LogP contribution in [-0.2, 0) is 15.9 Å². The van der Waals surface area contributed by atoms with E-state index in [-0.39, 0.29) is 17.6 Å². The Morgan fingerprint density at radius 3 is 2.53 bits per heavy atom. The average Bonchev–Trinajstić information content (AvgIpc) is 3.49. The van der Waals surface area contributed by atoms with Gasteiger partial charge in [0.25, 0.3) is 0 Å². The molecule has 5 rings (SSSR count). The fraction of sp³-hybridized carbons (Fsp3) is 0.640. The molecule has 0 aliphatic carbocycles. The van der Waals surface area contributed by atoms with E-state index in [4.69, 9.17) is 25.2 Å². The van der Waals surface area contributed by atoms with E-state index in [0.29, 0.717) is 32.3 Å². The molecule has 0 saturated carbocycles. The van der Waals surface area contributed by atoms with Crippen LogP contribution in [0, 0.1) is 0 Å². The normalized spacial score (nSPS) is 22.2. The highest BCUT2D eigenvalue weighted by atomic mass is 16.6. The number of nitrogen functional groups attached to an aromatic ring is 1. The van der Waals surface area contributed by atoms with Crippen molar-refractivity contribution in [3.63, 3.8) is 0 Å². The summed E-state index contributed by atoms with van der Waals surface area (Å²) in [7, 11) is 0. The number of carbonyl (C=O) groups excluding carboxylic acids is 1. The van der Waals surface area contributed by atoms with E-state index in [1.165, 1.54) is 0 Å². The van der Waals surface area contributed by atoms with Gasteiger partial charge in [-0.2, -0.15) is 4.98 Å². The minimum atomic E-state index is -0.523. The van der Waals surface area contributed by atoms with Crippen LogP contribution in [0.1, 0.15) is 46.1 Å². The molecule has 5 heterocycles. The Hall–Kier alpha value is -3.21. The highest BCUT2D eigenvalue weighted by molar-refractivity contribution is 5.74. The van der Waals surface area contributed by atoms with Crippen molar-refractivity contribution >= 4 is 23.8 Å². The van der Waals surface area contributed by atoms with Gasteiger partial charge in [0.15, 0.2) is 0 Å². The summed E-state index contributed by atoms with van der Waals surface area (Å²) in [5.74, 6) is 1.85. The van der Waals surface area contributed by atoms with E-state index in [0.717, 1.165) is 61.5 Å². The summed E-state index contributed by atoms with van der Waals surface area (Å²) in [4.78, 5) is 37.8. The summed E-state index contributed by atoms with van der Waals surface area (Å²) in [6.07, 6.45) is 5.77. The van der Waals surface area contributed by atoms with E-state index in [1.807, 2.05) is 25.7 Å². The van der Waals surface area contributed by atoms with E-state index in [9.17, 15) is 4.79 Å². The Morgan fingerprint density at radius 1 is 1.14 bits per heavy atom. The van der Waals surface area contributed by atoms with Gasteiger partial charge in [-0.15, -0.1) is 0 Å². The smallest absolute Gasteiger partial charge is 0.410 e. The minimum absolute atomic E-state index is 0.215. The molecule has 2 N–H and O–H groups in total. The second-order valence-corrected chi connectivity index (χ2v) is 10.7. The summed E-state index contributed by atoms with van der Waals surface area (Å²) in [5.41, 5.74) is 7.77. The van der Waals surface area contributed by atoms with Gasteiger partial charge in [-0.05, 0) is 40.0 Å². The summed E-state index contributed by atoms with van der Waals surface area (Å²) in [5, 5.41) is 0. The molecule has 11 nitrogen and oxygen atoms in total. The molecule has 1 atom stereocenters. The number of hydrogen-bond donors (Lipinski definition) is 1. The van der Waals surface area contributed by atoms with Crippen LogP contribution in [0.25, 0.3) is 11.3 Å². The van der Waals surface area contributed by atoms with Gasteiger partial charge in [-0.25, -0.2) is 19.7 Å². The number of morpholine rings is 1. The lowest BCUT2D eigenvalue weighted by Crippen LogP contribution is -2.51. The fourth-order valence-corrected chi connectivity index (χ4v) is 5.35. The van der Waals surface area contributed by atoms with Crippen molar-refractivity contribution in [2.24, 2.45) is 0 Å². The van der Waals surface area contributed by atoms with Gasteiger partial charge in [0.1, 0.15) is 11.4 Å². The topological polar surface area (TPSA) is 123 Å². The number of likely N-dealkylation sites (tertiary alicyclic amines) is 1. The molecule has 194 valence electrons. The van der Waals surface area contributed by atoms with Crippen molar-refractivity contribution in [2.45, 2.75) is 58.1 Å². The second kappa shape index (κ2) is 9.34. The predicted molar refractivity (Wildman–Crippen MR) is 137 cm³/mol. The number of fused-ring (bicyclic) bond motifs is 1. The maximum atomic E-state index is 12.9. The van der Waals surface area contributed by atoms with Crippen molar-refractivity contribution in [1.82, 2.24) is 24.8 Å². The first-order chi connectivity index (χ1) is 17.2. The van der Waals surface area contributed by atoms with Gasteiger partial charge in [-0.1, -0.05) is 6.92 Å². The molecule has 3 aliphatic heterocycles. The maximum absolute atomic E-state index is 12.9. The molecule has 0 aromatic carbocycles. The zero-order chi connectivity index (χ0) is 25.5. The summed E-state index contributed by atoms with van der Waals surface area (Å²) in [6, 6.07) is 0. The molecular weight excluding hydrogens is 460 g/mol. The number of hydrogen-bond acceptors (Lipinski definition) is 10. The van der Waals surface area contributed by atoms with Crippen molar-refractivity contribution in [2.75, 3.05) is 61.5 Å². The van der Waals surface area contributed by atoms with Crippen LogP contribution in [0.4, 0.5) is 22.5 Å². The first-order valence-corrected chi connectivity index (χ1v) is 12.8.